The van der Waals surface area contributed by atoms with Gasteiger partial charge in [0.1, 0.15) is 10.8 Å². The van der Waals surface area contributed by atoms with Gasteiger partial charge in [0.05, 0.1) is 12.1 Å². The molecule has 0 aliphatic carbocycles. The van der Waals surface area contributed by atoms with Crippen LogP contribution < -0.4 is 5.32 Å². The summed E-state index contributed by atoms with van der Waals surface area (Å²) in [5, 5.41) is 13.1. The molecule has 19 heavy (non-hydrogen) atoms. The van der Waals surface area contributed by atoms with Gasteiger partial charge in [-0.1, -0.05) is 6.92 Å². The van der Waals surface area contributed by atoms with Crippen molar-refractivity contribution in [2.24, 2.45) is 0 Å². The molecular formula is C13H15N3O2S. The Morgan fingerprint density at radius 2 is 2.26 bits per heavy atom. The van der Waals surface area contributed by atoms with E-state index in [9.17, 15) is 4.79 Å². The molecule has 0 unspecified atom stereocenters. The quantitative estimate of drug-likeness (QED) is 0.879. The van der Waals surface area contributed by atoms with E-state index in [1.165, 1.54) is 0 Å². The summed E-state index contributed by atoms with van der Waals surface area (Å²) in [6, 6.07) is 3.14. The van der Waals surface area contributed by atoms with Crippen LogP contribution in [0.3, 0.4) is 0 Å². The standard InChI is InChI=1S/C13H15N3O2S/c1-3-10-4-9(13(17)18)5-11(16-10)14-7-12-15-6-8(2)19-12/h4-6H,3,7H2,1-2H3,(H,14,16)(H,17,18). The van der Waals surface area contributed by atoms with Crippen molar-refractivity contribution in [3.05, 3.63) is 39.5 Å². The van der Waals surface area contributed by atoms with Crippen molar-refractivity contribution in [1.29, 1.82) is 0 Å². The number of rotatable bonds is 5. The molecule has 0 aliphatic rings. The van der Waals surface area contributed by atoms with Crippen LogP contribution in [0.5, 0.6) is 0 Å². The molecule has 2 N–H and O–H groups in total. The number of carboxylic acids is 1. The van der Waals surface area contributed by atoms with Crippen molar-refractivity contribution in [1.82, 2.24) is 9.97 Å². The molecule has 0 saturated carbocycles. The van der Waals surface area contributed by atoms with E-state index in [1.54, 1.807) is 23.5 Å². The Kier molecular flexibility index (Phi) is 4.11. The maximum Gasteiger partial charge on any atom is 0.335 e. The first-order valence-corrected chi connectivity index (χ1v) is 6.79. The average Bonchev–Trinajstić information content (AvgIpc) is 2.81. The minimum absolute atomic E-state index is 0.254. The molecule has 2 heterocycles. The molecule has 0 spiro atoms. The highest BCUT2D eigenvalue weighted by Crippen LogP contribution is 2.15. The number of anilines is 1. The molecule has 0 fully saturated rings. The fourth-order valence-corrected chi connectivity index (χ4v) is 2.36. The highest BCUT2D eigenvalue weighted by atomic mass is 32.1. The SMILES string of the molecule is CCc1cc(C(=O)O)cc(NCc2ncc(C)s2)n1. The van der Waals surface area contributed by atoms with Crippen molar-refractivity contribution in [3.63, 3.8) is 0 Å². The van der Waals surface area contributed by atoms with Gasteiger partial charge in [-0.05, 0) is 25.5 Å². The number of nitrogens with zero attached hydrogens (tertiary/aromatic N) is 2. The topological polar surface area (TPSA) is 75.1 Å². The van der Waals surface area contributed by atoms with Crippen LogP contribution in [0, 0.1) is 6.92 Å². The van der Waals surface area contributed by atoms with E-state index in [0.717, 1.165) is 15.6 Å². The minimum Gasteiger partial charge on any atom is -0.478 e. The van der Waals surface area contributed by atoms with Gasteiger partial charge < -0.3 is 10.4 Å². The van der Waals surface area contributed by atoms with Gasteiger partial charge in [-0.2, -0.15) is 0 Å². The Labute approximate surface area is 115 Å². The van der Waals surface area contributed by atoms with Crippen LogP contribution in [0.25, 0.3) is 0 Å². The van der Waals surface area contributed by atoms with Gasteiger partial charge in [-0.3, -0.25) is 0 Å². The highest BCUT2D eigenvalue weighted by Gasteiger charge is 2.08. The molecule has 0 amide bonds. The Bertz CT molecular complexity index is 595. The van der Waals surface area contributed by atoms with Gasteiger partial charge in [0.2, 0.25) is 0 Å². The van der Waals surface area contributed by atoms with Crippen LogP contribution in [0.1, 0.15) is 32.9 Å². The molecule has 6 heteroatoms. The van der Waals surface area contributed by atoms with Gasteiger partial charge in [0.25, 0.3) is 0 Å². The molecular weight excluding hydrogens is 262 g/mol. The van der Waals surface area contributed by atoms with E-state index in [0.29, 0.717) is 18.8 Å². The summed E-state index contributed by atoms with van der Waals surface area (Å²) in [4.78, 5) is 20.8. The molecule has 5 nitrogen and oxygen atoms in total. The molecule has 2 rings (SSSR count). The normalized spacial score (nSPS) is 10.4. The minimum atomic E-state index is -0.940. The first kappa shape index (κ1) is 13.5. The van der Waals surface area contributed by atoms with Crippen molar-refractivity contribution in [3.8, 4) is 0 Å². The zero-order valence-corrected chi connectivity index (χ0v) is 11.6. The smallest absolute Gasteiger partial charge is 0.335 e. The Morgan fingerprint density at radius 3 is 2.84 bits per heavy atom. The molecule has 0 atom stereocenters. The first-order chi connectivity index (χ1) is 9.08. The summed E-state index contributed by atoms with van der Waals surface area (Å²) in [5.41, 5.74) is 1.02. The maximum atomic E-state index is 11.0. The van der Waals surface area contributed by atoms with E-state index in [4.69, 9.17) is 5.11 Å². The number of aryl methyl sites for hydroxylation is 2. The molecule has 0 radical (unpaired) electrons. The van der Waals surface area contributed by atoms with Crippen molar-refractivity contribution >= 4 is 23.1 Å². The number of carboxylic acid groups (broad SMARTS) is 1. The maximum absolute atomic E-state index is 11.0. The summed E-state index contributed by atoms with van der Waals surface area (Å²) in [6.07, 6.45) is 2.52. The summed E-state index contributed by atoms with van der Waals surface area (Å²) in [5.74, 6) is -0.366. The number of nitrogens with one attached hydrogen (secondary N) is 1. The van der Waals surface area contributed by atoms with E-state index in [1.807, 2.05) is 20.0 Å². The molecule has 100 valence electrons. The summed E-state index contributed by atoms with van der Waals surface area (Å²) >= 11 is 1.61. The van der Waals surface area contributed by atoms with E-state index in [-0.39, 0.29) is 5.56 Å². The monoisotopic (exact) mass is 277 g/mol. The zero-order chi connectivity index (χ0) is 13.8. The second-order valence-corrected chi connectivity index (χ2v) is 5.43. The van der Waals surface area contributed by atoms with Crippen molar-refractivity contribution < 1.29 is 9.90 Å². The van der Waals surface area contributed by atoms with Crippen LogP contribution >= 0.6 is 11.3 Å². The lowest BCUT2D eigenvalue weighted by atomic mass is 10.2. The van der Waals surface area contributed by atoms with Gasteiger partial charge in [0, 0.05) is 16.8 Å². The summed E-state index contributed by atoms with van der Waals surface area (Å²) < 4.78 is 0. The molecule has 2 aromatic rings. The van der Waals surface area contributed by atoms with Gasteiger partial charge in [-0.25, -0.2) is 14.8 Å². The molecule has 0 aliphatic heterocycles. The third kappa shape index (κ3) is 3.51. The third-order valence-electron chi connectivity index (χ3n) is 2.58. The van der Waals surface area contributed by atoms with Crippen LogP contribution in [-0.4, -0.2) is 21.0 Å². The fourth-order valence-electron chi connectivity index (χ4n) is 1.63. The summed E-state index contributed by atoms with van der Waals surface area (Å²) in [6.45, 7) is 4.50. The number of aromatic carboxylic acids is 1. The Balaban J connectivity index is 2.15. The molecule has 2 aromatic heterocycles. The number of hydrogen-bond acceptors (Lipinski definition) is 5. The highest BCUT2D eigenvalue weighted by molar-refractivity contribution is 7.11. The van der Waals surface area contributed by atoms with Crippen molar-refractivity contribution in [2.75, 3.05) is 5.32 Å². The largest absolute Gasteiger partial charge is 0.478 e. The van der Waals surface area contributed by atoms with E-state index >= 15 is 0 Å². The number of aromatic nitrogens is 2. The van der Waals surface area contributed by atoms with Crippen molar-refractivity contribution in [2.45, 2.75) is 26.8 Å². The van der Waals surface area contributed by atoms with Crippen LogP contribution in [0.15, 0.2) is 18.3 Å². The Morgan fingerprint density at radius 1 is 1.47 bits per heavy atom. The van der Waals surface area contributed by atoms with E-state index < -0.39 is 5.97 Å². The number of thiazole rings is 1. The summed E-state index contributed by atoms with van der Waals surface area (Å²) in [7, 11) is 0. The molecule has 0 saturated heterocycles. The molecule has 0 bridgehead atoms. The van der Waals surface area contributed by atoms with Crippen LogP contribution in [-0.2, 0) is 13.0 Å². The number of pyridine rings is 1. The predicted molar refractivity (Wildman–Crippen MR) is 74.8 cm³/mol. The Hall–Kier alpha value is -1.95. The fraction of sp³-hybridized carbons (Fsp3) is 0.308. The van der Waals surface area contributed by atoms with E-state index in [2.05, 4.69) is 15.3 Å². The second-order valence-electron chi connectivity index (χ2n) is 4.11. The lowest BCUT2D eigenvalue weighted by Gasteiger charge is -2.07. The van der Waals surface area contributed by atoms with Crippen LogP contribution in [0.4, 0.5) is 5.82 Å². The predicted octanol–water partition coefficient (Wildman–Crippen LogP) is 2.72. The third-order valence-corrected chi connectivity index (χ3v) is 3.49. The molecule has 0 aromatic carbocycles. The first-order valence-electron chi connectivity index (χ1n) is 5.98. The average molecular weight is 277 g/mol. The second kappa shape index (κ2) is 5.79. The lowest BCUT2D eigenvalue weighted by Crippen LogP contribution is -2.06. The van der Waals surface area contributed by atoms with Gasteiger partial charge >= 0.3 is 5.97 Å². The lowest BCUT2D eigenvalue weighted by molar-refractivity contribution is 0.0696. The van der Waals surface area contributed by atoms with Gasteiger partial charge in [0.15, 0.2) is 0 Å². The van der Waals surface area contributed by atoms with Gasteiger partial charge in [-0.15, -0.1) is 11.3 Å². The number of hydrogen-bond donors (Lipinski definition) is 2. The number of carbonyl (C=O) groups is 1. The zero-order valence-electron chi connectivity index (χ0n) is 10.8. The van der Waals surface area contributed by atoms with Crippen LogP contribution in [0.2, 0.25) is 0 Å².